The van der Waals surface area contributed by atoms with Crippen LogP contribution in [0.4, 0.5) is 11.4 Å². The molecule has 6 rings (SSSR count). The minimum Gasteiger partial charge on any atom is -0.748 e. The summed E-state index contributed by atoms with van der Waals surface area (Å²) in [6, 6.07) is 16.7. The normalized spacial score (nSPS) is 18.8. The van der Waals surface area contributed by atoms with Crippen molar-refractivity contribution in [2.45, 2.75) is 79.9 Å². The molecule has 0 amide bonds. The Labute approximate surface area is 344 Å². The molecule has 2 aliphatic rings. The van der Waals surface area contributed by atoms with Gasteiger partial charge in [-0.05, 0) is 98.5 Å². The number of carboxylic acids is 1. The van der Waals surface area contributed by atoms with Crippen LogP contribution in [0, 0.1) is 0 Å². The molecular weight excluding hydrogens is 821 g/mol. The van der Waals surface area contributed by atoms with Gasteiger partial charge in [0, 0.05) is 72.1 Å². The average Bonchev–Trinajstić information content (AvgIpc) is 3.51. The van der Waals surface area contributed by atoms with Crippen molar-refractivity contribution in [3.8, 4) is 0 Å². The molecule has 0 spiro atoms. The maximum absolute atomic E-state index is 12.5. The van der Waals surface area contributed by atoms with E-state index in [1.165, 1.54) is 6.07 Å². The zero-order valence-electron chi connectivity index (χ0n) is 33.1. The van der Waals surface area contributed by atoms with Crippen LogP contribution < -0.4 is 4.90 Å². The van der Waals surface area contributed by atoms with Crippen LogP contribution in [0.3, 0.4) is 0 Å². The number of benzene rings is 4. The Balaban J connectivity index is 1.54. The molecule has 0 saturated carbocycles. The summed E-state index contributed by atoms with van der Waals surface area (Å²) in [5, 5.41) is 11.2. The summed E-state index contributed by atoms with van der Waals surface area (Å²) in [5.41, 5.74) is 2.78. The molecule has 0 fully saturated rings. The molecule has 1 atom stereocenters. The Bertz CT molecular complexity index is 2780. The number of hydrogen-bond donors (Lipinski definition) is 1. The molecule has 2 heterocycles. The highest BCUT2D eigenvalue weighted by Gasteiger charge is 2.47. The highest BCUT2D eigenvalue weighted by atomic mass is 32.2. The van der Waals surface area contributed by atoms with Crippen molar-refractivity contribution in [3.63, 3.8) is 0 Å². The van der Waals surface area contributed by atoms with E-state index in [0.717, 1.165) is 33.8 Å². The zero-order chi connectivity index (χ0) is 43.1. The first kappa shape index (κ1) is 44.1. The number of methoxy groups -OCH3 is 1. The van der Waals surface area contributed by atoms with E-state index in [1.54, 1.807) is 13.2 Å². The molecule has 0 aromatic heterocycles. The highest BCUT2D eigenvalue weighted by molar-refractivity contribution is 7.86. The van der Waals surface area contributed by atoms with Gasteiger partial charge in [-0.1, -0.05) is 36.4 Å². The van der Waals surface area contributed by atoms with Crippen LogP contribution in [0.1, 0.15) is 70.4 Å². The Morgan fingerprint density at radius 3 is 2.24 bits per heavy atom. The molecule has 17 heteroatoms. The molecule has 1 N–H and O–H groups in total. The van der Waals surface area contributed by atoms with Crippen molar-refractivity contribution in [1.82, 2.24) is 0 Å². The number of allylic oxidation sites excluding steroid dienone is 4. The van der Waals surface area contributed by atoms with Gasteiger partial charge in [0.25, 0.3) is 0 Å². The molecule has 2 aliphatic heterocycles. The number of unbranched alkanes of at least 4 members (excludes halogenated alkanes) is 2. The standard InChI is InChI=1S/C42H48N2O12S3/c1-41(2)36(43(22-9-5-6-16-38(45)46)33-20-18-31-32(39(33)41)26-29(58(50,51)52)27-35(31)59(53,54)55)14-10-15-37-42(3,21-11-25-57(47,48)49)40-30-13-8-7-12-28(30)17-19-34(40)44(37)23-24-56-4/h7-8,10,12-15,17-20,26-27H,5-6,9,11,16,21-25H2,1-4H3,(H3-,45,46,47,48,49,50,51,52,53,54,55)/p-2. The lowest BCUT2D eigenvalue weighted by Crippen LogP contribution is -2.31. The fourth-order valence-corrected chi connectivity index (χ4v) is 10.7. The Morgan fingerprint density at radius 2 is 1.58 bits per heavy atom. The van der Waals surface area contributed by atoms with Gasteiger partial charge in [0.15, 0.2) is 5.71 Å². The van der Waals surface area contributed by atoms with Gasteiger partial charge in [0.2, 0.25) is 5.69 Å². The van der Waals surface area contributed by atoms with E-state index >= 15 is 0 Å². The van der Waals surface area contributed by atoms with Crippen molar-refractivity contribution in [3.05, 3.63) is 95.7 Å². The summed E-state index contributed by atoms with van der Waals surface area (Å²) in [4.78, 5) is 11.7. The van der Waals surface area contributed by atoms with Gasteiger partial charge in [-0.25, -0.2) is 25.3 Å². The van der Waals surface area contributed by atoms with Gasteiger partial charge in [0.05, 0.1) is 31.9 Å². The Morgan fingerprint density at radius 1 is 0.847 bits per heavy atom. The minimum atomic E-state index is -5.23. The van der Waals surface area contributed by atoms with Gasteiger partial charge in [-0.15, -0.1) is 0 Å². The van der Waals surface area contributed by atoms with Gasteiger partial charge in [0.1, 0.15) is 26.8 Å². The SMILES string of the molecule is COCCN1/C(=C/C=C/C2=[N+](CCCCCC(=O)O)c3ccc4c(S(=O)(=O)[O-])cc(S(=O)(=O)[O-])cc4c3C2(C)C)C(C)(CCCS(=O)(=O)[O-])c2c1ccc1ccccc21. The van der Waals surface area contributed by atoms with Crippen LogP contribution in [0.5, 0.6) is 0 Å². The molecule has 4 aromatic rings. The van der Waals surface area contributed by atoms with Crippen LogP contribution in [0.2, 0.25) is 0 Å². The molecule has 0 radical (unpaired) electrons. The Hall–Kier alpha value is -4.49. The number of carboxylic acid groups (broad SMARTS) is 1. The number of rotatable bonds is 17. The van der Waals surface area contributed by atoms with E-state index in [-0.39, 0.29) is 23.6 Å². The van der Waals surface area contributed by atoms with Crippen LogP contribution in [-0.2, 0) is 50.7 Å². The highest BCUT2D eigenvalue weighted by Crippen LogP contribution is 2.53. The summed E-state index contributed by atoms with van der Waals surface area (Å²) in [6.45, 7) is 6.97. The first-order valence-electron chi connectivity index (χ1n) is 19.1. The zero-order valence-corrected chi connectivity index (χ0v) is 35.6. The fraction of sp³-hybridized carbons (Fsp3) is 0.381. The first-order chi connectivity index (χ1) is 27.6. The summed E-state index contributed by atoms with van der Waals surface area (Å²) in [6.07, 6.45) is 7.67. The maximum atomic E-state index is 12.5. The monoisotopic (exact) mass is 866 g/mol. The number of hydrogen-bond acceptors (Lipinski definition) is 12. The van der Waals surface area contributed by atoms with Crippen molar-refractivity contribution >= 4 is 75.0 Å². The summed E-state index contributed by atoms with van der Waals surface area (Å²) in [5.74, 6) is -1.45. The van der Waals surface area contributed by atoms with Crippen LogP contribution in [0.15, 0.2) is 94.4 Å². The van der Waals surface area contributed by atoms with Crippen molar-refractivity contribution < 1.29 is 58.1 Å². The lowest BCUT2D eigenvalue weighted by atomic mass is 9.75. The average molecular weight is 867 g/mol. The fourth-order valence-electron chi connectivity index (χ4n) is 8.86. The number of aliphatic carboxylic acids is 1. The predicted octanol–water partition coefficient (Wildman–Crippen LogP) is 6.01. The first-order valence-corrected chi connectivity index (χ1v) is 23.5. The van der Waals surface area contributed by atoms with Crippen molar-refractivity contribution in [2.75, 3.05) is 37.5 Å². The van der Waals surface area contributed by atoms with Crippen molar-refractivity contribution in [1.29, 1.82) is 0 Å². The smallest absolute Gasteiger partial charge is 0.303 e. The predicted molar refractivity (Wildman–Crippen MR) is 220 cm³/mol. The summed E-state index contributed by atoms with van der Waals surface area (Å²) in [7, 11) is -13.3. The lowest BCUT2D eigenvalue weighted by Gasteiger charge is -2.31. The van der Waals surface area contributed by atoms with E-state index < -0.39 is 62.7 Å². The molecule has 0 bridgehead atoms. The second-order valence-electron chi connectivity index (χ2n) is 15.7. The molecule has 14 nitrogen and oxygen atoms in total. The summed E-state index contributed by atoms with van der Waals surface area (Å²) < 4.78 is 117. The number of nitrogens with zero attached hydrogens (tertiary/aromatic N) is 2. The Kier molecular flexibility index (Phi) is 12.3. The molecule has 4 aromatic carbocycles. The van der Waals surface area contributed by atoms with Gasteiger partial charge in [-0.2, -0.15) is 4.58 Å². The van der Waals surface area contributed by atoms with Crippen LogP contribution >= 0.6 is 0 Å². The van der Waals surface area contributed by atoms with E-state index in [2.05, 4.69) is 4.90 Å². The molecule has 59 heavy (non-hydrogen) atoms. The molecule has 0 aliphatic carbocycles. The molecule has 0 saturated heterocycles. The van der Waals surface area contributed by atoms with Gasteiger partial charge < -0.3 is 28.4 Å². The largest absolute Gasteiger partial charge is 0.748 e. The number of anilines is 1. The number of carbonyl (C=O) groups is 1. The van der Waals surface area contributed by atoms with E-state index in [1.807, 2.05) is 80.0 Å². The van der Waals surface area contributed by atoms with E-state index in [9.17, 15) is 48.8 Å². The second-order valence-corrected chi connectivity index (χ2v) is 19.9. The third-order valence-corrected chi connectivity index (χ3v) is 13.9. The third kappa shape index (κ3) is 8.87. The van der Waals surface area contributed by atoms with Crippen LogP contribution in [-0.4, -0.2) is 92.8 Å². The lowest BCUT2D eigenvalue weighted by molar-refractivity contribution is -0.438. The minimum absolute atomic E-state index is 0.00752. The maximum Gasteiger partial charge on any atom is 0.303 e. The van der Waals surface area contributed by atoms with Gasteiger partial charge >= 0.3 is 5.97 Å². The second kappa shape index (κ2) is 16.5. The van der Waals surface area contributed by atoms with Crippen molar-refractivity contribution in [2.24, 2.45) is 0 Å². The third-order valence-electron chi connectivity index (χ3n) is 11.4. The topological polar surface area (TPSA) is 224 Å². The van der Waals surface area contributed by atoms with Crippen LogP contribution in [0.25, 0.3) is 21.5 Å². The quantitative estimate of drug-likeness (QED) is 0.0730. The van der Waals surface area contributed by atoms with E-state index in [0.29, 0.717) is 68.4 Å². The van der Waals surface area contributed by atoms with Gasteiger partial charge in [-0.3, -0.25) is 4.79 Å². The number of ether oxygens (including phenoxy) is 1. The molecule has 316 valence electrons. The summed E-state index contributed by atoms with van der Waals surface area (Å²) >= 11 is 0. The number of fused-ring (bicyclic) bond motifs is 6. The molecular formula is C42H46N2O12S3-2. The molecule has 1 unspecified atom stereocenters. The van der Waals surface area contributed by atoms with E-state index in [4.69, 9.17) is 4.74 Å².